The molecule has 94 valence electrons. The number of H-pyrrole nitrogens is 1. The van der Waals surface area contributed by atoms with Crippen molar-refractivity contribution in [1.29, 1.82) is 0 Å². The number of nitrogens with one attached hydrogen (secondary N) is 2. The van der Waals surface area contributed by atoms with E-state index in [4.69, 9.17) is 5.11 Å². The second kappa shape index (κ2) is 5.01. The number of hydrogen-bond donors (Lipinski definition) is 3. The predicted molar refractivity (Wildman–Crippen MR) is 66.9 cm³/mol. The van der Waals surface area contributed by atoms with Gasteiger partial charge in [0.15, 0.2) is 0 Å². The number of thiophene rings is 1. The lowest BCUT2D eigenvalue weighted by molar-refractivity contribution is -0.115. The second-order valence-electron chi connectivity index (χ2n) is 3.73. The molecular weight excluding hydrogens is 254 g/mol. The van der Waals surface area contributed by atoms with Crippen molar-refractivity contribution in [2.45, 2.75) is 13.3 Å². The molecule has 2 rings (SSSR count). The fourth-order valence-corrected chi connectivity index (χ4v) is 2.42. The zero-order valence-electron chi connectivity index (χ0n) is 9.56. The number of nitrogens with zero attached hydrogens (tertiary/aromatic N) is 1. The lowest BCUT2D eigenvalue weighted by Crippen LogP contribution is -2.13. The summed E-state index contributed by atoms with van der Waals surface area (Å²) in [5, 5.41) is 18.5. The Balaban J connectivity index is 2.03. The van der Waals surface area contributed by atoms with Crippen LogP contribution in [0.25, 0.3) is 0 Å². The third-order valence-corrected chi connectivity index (χ3v) is 3.42. The standard InChI is InChI=1S/C11H11N3O3S/c1-6-4-9(18-10(6)11(16)17)13-8(15)5-7-2-3-12-14-7/h2-4H,5H2,1H3,(H,12,14)(H,13,15)(H,16,17). The van der Waals surface area contributed by atoms with E-state index in [0.717, 1.165) is 11.3 Å². The molecule has 0 unspecified atom stereocenters. The zero-order chi connectivity index (χ0) is 13.1. The fraction of sp³-hybridized carbons (Fsp3) is 0.182. The van der Waals surface area contributed by atoms with Gasteiger partial charge < -0.3 is 10.4 Å². The highest BCUT2D eigenvalue weighted by Gasteiger charge is 2.14. The van der Waals surface area contributed by atoms with Crippen LogP contribution in [0.3, 0.4) is 0 Å². The van der Waals surface area contributed by atoms with Crippen molar-refractivity contribution in [2.75, 3.05) is 5.32 Å². The maximum Gasteiger partial charge on any atom is 0.346 e. The third-order valence-electron chi connectivity index (χ3n) is 2.28. The summed E-state index contributed by atoms with van der Waals surface area (Å²) in [6.07, 6.45) is 1.75. The Bertz CT molecular complexity index is 574. The number of amides is 1. The summed E-state index contributed by atoms with van der Waals surface area (Å²) in [6.45, 7) is 1.70. The number of carbonyl (C=O) groups excluding carboxylic acids is 1. The van der Waals surface area contributed by atoms with E-state index in [1.54, 1.807) is 25.3 Å². The monoisotopic (exact) mass is 265 g/mol. The van der Waals surface area contributed by atoms with Crippen LogP contribution in [0.1, 0.15) is 20.9 Å². The van der Waals surface area contributed by atoms with E-state index < -0.39 is 5.97 Å². The SMILES string of the molecule is Cc1cc(NC(=O)Cc2ccn[nH]2)sc1C(=O)O. The summed E-state index contributed by atoms with van der Waals surface area (Å²) in [7, 11) is 0. The largest absolute Gasteiger partial charge is 0.477 e. The number of rotatable bonds is 4. The molecule has 2 aromatic heterocycles. The van der Waals surface area contributed by atoms with Gasteiger partial charge in [-0.3, -0.25) is 9.89 Å². The van der Waals surface area contributed by atoms with Crippen LogP contribution in [-0.2, 0) is 11.2 Å². The first kappa shape index (κ1) is 12.3. The molecule has 2 heterocycles. The van der Waals surface area contributed by atoms with Gasteiger partial charge in [-0.2, -0.15) is 5.10 Å². The number of anilines is 1. The number of carboxylic acids is 1. The quantitative estimate of drug-likeness (QED) is 0.783. The molecule has 3 N–H and O–H groups in total. The average Bonchev–Trinajstić information content (AvgIpc) is 2.88. The summed E-state index contributed by atoms with van der Waals surface area (Å²) in [4.78, 5) is 22.8. The van der Waals surface area contributed by atoms with Crippen LogP contribution in [0.15, 0.2) is 18.3 Å². The van der Waals surface area contributed by atoms with E-state index in [1.165, 1.54) is 0 Å². The minimum Gasteiger partial charge on any atom is -0.477 e. The van der Waals surface area contributed by atoms with Crippen LogP contribution in [0, 0.1) is 6.92 Å². The molecule has 0 aliphatic carbocycles. The van der Waals surface area contributed by atoms with Crippen molar-refractivity contribution in [3.05, 3.63) is 34.5 Å². The van der Waals surface area contributed by atoms with E-state index in [0.29, 0.717) is 16.3 Å². The molecule has 0 saturated heterocycles. The summed E-state index contributed by atoms with van der Waals surface area (Å²) >= 11 is 1.05. The van der Waals surface area contributed by atoms with Crippen molar-refractivity contribution in [3.8, 4) is 0 Å². The number of aromatic nitrogens is 2. The normalized spacial score (nSPS) is 10.3. The Kier molecular flexibility index (Phi) is 3.42. The Labute approximate surface area is 107 Å². The van der Waals surface area contributed by atoms with Crippen molar-refractivity contribution < 1.29 is 14.7 Å². The summed E-state index contributed by atoms with van der Waals surface area (Å²) in [5.41, 5.74) is 1.35. The summed E-state index contributed by atoms with van der Waals surface area (Å²) in [5.74, 6) is -1.19. The smallest absolute Gasteiger partial charge is 0.346 e. The minimum atomic E-state index is -0.980. The molecule has 1 amide bonds. The molecule has 7 heteroatoms. The molecule has 0 atom stereocenters. The fourth-order valence-electron chi connectivity index (χ4n) is 1.49. The van der Waals surface area contributed by atoms with Crippen LogP contribution in [-0.4, -0.2) is 27.2 Å². The lowest BCUT2D eigenvalue weighted by atomic mass is 10.3. The third kappa shape index (κ3) is 2.75. The highest BCUT2D eigenvalue weighted by molar-refractivity contribution is 7.18. The van der Waals surface area contributed by atoms with Gasteiger partial charge >= 0.3 is 5.97 Å². The maximum absolute atomic E-state index is 11.7. The molecule has 0 aliphatic rings. The molecule has 18 heavy (non-hydrogen) atoms. The Morgan fingerprint density at radius 2 is 2.33 bits per heavy atom. The molecule has 2 aromatic rings. The van der Waals surface area contributed by atoms with E-state index in [2.05, 4.69) is 15.5 Å². The van der Waals surface area contributed by atoms with Gasteiger partial charge in [-0.05, 0) is 24.6 Å². The first-order chi connectivity index (χ1) is 8.56. The van der Waals surface area contributed by atoms with E-state index in [1.807, 2.05) is 0 Å². The molecule has 0 aliphatic heterocycles. The van der Waals surface area contributed by atoms with Crippen LogP contribution >= 0.6 is 11.3 Å². The molecule has 0 bridgehead atoms. The van der Waals surface area contributed by atoms with Gasteiger partial charge in [-0.15, -0.1) is 11.3 Å². The second-order valence-corrected chi connectivity index (χ2v) is 4.79. The summed E-state index contributed by atoms with van der Waals surface area (Å²) in [6, 6.07) is 3.36. The van der Waals surface area contributed by atoms with E-state index in [-0.39, 0.29) is 17.2 Å². The molecular formula is C11H11N3O3S. The number of aromatic amines is 1. The first-order valence-corrected chi connectivity index (χ1v) is 5.99. The Hall–Kier alpha value is -2.15. The van der Waals surface area contributed by atoms with E-state index in [9.17, 15) is 9.59 Å². The Morgan fingerprint density at radius 3 is 2.89 bits per heavy atom. The van der Waals surface area contributed by atoms with E-state index >= 15 is 0 Å². The minimum absolute atomic E-state index is 0.180. The van der Waals surface area contributed by atoms with Crippen LogP contribution in [0.5, 0.6) is 0 Å². The van der Waals surface area contributed by atoms with Gasteiger partial charge in [-0.1, -0.05) is 0 Å². The number of aryl methyl sites for hydroxylation is 1. The van der Waals surface area contributed by atoms with Gasteiger partial charge in [0, 0.05) is 11.9 Å². The first-order valence-electron chi connectivity index (χ1n) is 5.18. The number of carboxylic acid groups (broad SMARTS) is 1. The van der Waals surface area contributed by atoms with Gasteiger partial charge in [0.2, 0.25) is 5.91 Å². The average molecular weight is 265 g/mol. The highest BCUT2D eigenvalue weighted by Crippen LogP contribution is 2.26. The van der Waals surface area contributed by atoms with Crippen LogP contribution in [0.4, 0.5) is 5.00 Å². The molecule has 0 saturated carbocycles. The maximum atomic E-state index is 11.7. The topological polar surface area (TPSA) is 95.1 Å². The molecule has 6 nitrogen and oxygen atoms in total. The van der Waals surface area contributed by atoms with Crippen molar-refractivity contribution in [2.24, 2.45) is 0 Å². The van der Waals surface area contributed by atoms with Crippen molar-refractivity contribution in [3.63, 3.8) is 0 Å². The molecule has 0 aromatic carbocycles. The van der Waals surface area contributed by atoms with Gasteiger partial charge in [0.1, 0.15) is 4.88 Å². The number of hydrogen-bond acceptors (Lipinski definition) is 4. The molecule has 0 spiro atoms. The highest BCUT2D eigenvalue weighted by atomic mass is 32.1. The van der Waals surface area contributed by atoms with Gasteiger partial charge in [0.25, 0.3) is 0 Å². The Morgan fingerprint density at radius 1 is 1.56 bits per heavy atom. The van der Waals surface area contributed by atoms with Crippen LogP contribution < -0.4 is 5.32 Å². The zero-order valence-corrected chi connectivity index (χ0v) is 10.4. The van der Waals surface area contributed by atoms with Gasteiger partial charge in [-0.25, -0.2) is 4.79 Å². The molecule has 0 fully saturated rings. The summed E-state index contributed by atoms with van der Waals surface area (Å²) < 4.78 is 0. The van der Waals surface area contributed by atoms with Crippen molar-refractivity contribution >= 4 is 28.2 Å². The number of carbonyl (C=O) groups is 2. The predicted octanol–water partition coefficient (Wildman–Crippen LogP) is 1.66. The number of aromatic carboxylic acids is 1. The van der Waals surface area contributed by atoms with Crippen LogP contribution in [0.2, 0.25) is 0 Å². The van der Waals surface area contributed by atoms with Gasteiger partial charge in [0.05, 0.1) is 11.4 Å². The molecule has 0 radical (unpaired) electrons. The lowest BCUT2D eigenvalue weighted by Gasteiger charge is -1.99. The van der Waals surface area contributed by atoms with Crippen molar-refractivity contribution in [1.82, 2.24) is 10.2 Å².